The van der Waals surface area contributed by atoms with Crippen molar-refractivity contribution in [3.63, 3.8) is 0 Å². The van der Waals surface area contributed by atoms with Crippen LogP contribution in [0.3, 0.4) is 0 Å². The van der Waals surface area contributed by atoms with Crippen LogP contribution in [0.1, 0.15) is 26.2 Å². The maximum Gasteiger partial charge on any atom is 0.0495 e. The molecule has 1 fully saturated rings. The molecule has 0 radical (unpaired) electrons. The first-order valence-electron chi connectivity index (χ1n) is 4.59. The predicted octanol–water partition coefficient (Wildman–Crippen LogP) is 1.84. The monoisotopic (exact) mass is 158 g/mol. The molecule has 66 valence electrons. The van der Waals surface area contributed by atoms with Crippen molar-refractivity contribution < 1.29 is 9.47 Å². The quantitative estimate of drug-likeness (QED) is 0.581. The van der Waals surface area contributed by atoms with Gasteiger partial charge in [0.2, 0.25) is 0 Å². The van der Waals surface area contributed by atoms with Gasteiger partial charge in [-0.15, -0.1) is 0 Å². The second kappa shape index (κ2) is 5.56. The zero-order valence-electron chi connectivity index (χ0n) is 7.34. The Morgan fingerprint density at radius 1 is 1.36 bits per heavy atom. The van der Waals surface area contributed by atoms with Crippen molar-refractivity contribution in [2.24, 2.45) is 5.92 Å². The van der Waals surface area contributed by atoms with Crippen molar-refractivity contribution in [3.8, 4) is 0 Å². The van der Waals surface area contributed by atoms with E-state index in [0.29, 0.717) is 0 Å². The normalized spacial score (nSPS) is 20.5. The van der Waals surface area contributed by atoms with Gasteiger partial charge in [-0.3, -0.25) is 0 Å². The summed E-state index contributed by atoms with van der Waals surface area (Å²) in [6.45, 7) is 5.86. The molecule has 1 heterocycles. The summed E-state index contributed by atoms with van der Waals surface area (Å²) in [5, 5.41) is 0. The predicted molar refractivity (Wildman–Crippen MR) is 44.7 cm³/mol. The van der Waals surface area contributed by atoms with Crippen LogP contribution in [0.5, 0.6) is 0 Å². The third-order valence-electron chi connectivity index (χ3n) is 2.04. The van der Waals surface area contributed by atoms with E-state index in [1.54, 1.807) is 0 Å². The van der Waals surface area contributed by atoms with Crippen LogP contribution in [0.2, 0.25) is 0 Å². The van der Waals surface area contributed by atoms with E-state index in [0.717, 1.165) is 38.8 Å². The van der Waals surface area contributed by atoms with Gasteiger partial charge in [0.15, 0.2) is 0 Å². The lowest BCUT2D eigenvalue weighted by molar-refractivity contribution is 0.0208. The molecule has 0 aromatic rings. The van der Waals surface area contributed by atoms with Crippen LogP contribution < -0.4 is 0 Å². The minimum absolute atomic E-state index is 0.760. The molecular formula is C9H18O2. The van der Waals surface area contributed by atoms with Crippen molar-refractivity contribution in [2.75, 3.05) is 26.4 Å². The van der Waals surface area contributed by atoms with E-state index < -0.39 is 0 Å². The molecule has 11 heavy (non-hydrogen) atoms. The SMILES string of the molecule is CCCOCC1CCOCC1. The van der Waals surface area contributed by atoms with Crippen LogP contribution >= 0.6 is 0 Å². The van der Waals surface area contributed by atoms with E-state index >= 15 is 0 Å². The van der Waals surface area contributed by atoms with Crippen LogP contribution in [-0.4, -0.2) is 26.4 Å². The Balaban J connectivity index is 1.96. The van der Waals surface area contributed by atoms with E-state index in [2.05, 4.69) is 6.92 Å². The lowest BCUT2D eigenvalue weighted by Crippen LogP contribution is -2.20. The van der Waals surface area contributed by atoms with Crippen LogP contribution in [0.15, 0.2) is 0 Å². The minimum Gasteiger partial charge on any atom is -0.381 e. The largest absolute Gasteiger partial charge is 0.381 e. The fourth-order valence-electron chi connectivity index (χ4n) is 1.31. The highest BCUT2D eigenvalue weighted by Gasteiger charge is 2.12. The fourth-order valence-corrected chi connectivity index (χ4v) is 1.31. The summed E-state index contributed by atoms with van der Waals surface area (Å²) in [6.07, 6.45) is 3.50. The summed E-state index contributed by atoms with van der Waals surface area (Å²) >= 11 is 0. The zero-order chi connectivity index (χ0) is 7.94. The van der Waals surface area contributed by atoms with E-state index in [-0.39, 0.29) is 0 Å². The topological polar surface area (TPSA) is 18.5 Å². The van der Waals surface area contributed by atoms with Gasteiger partial charge in [0.1, 0.15) is 0 Å². The lowest BCUT2D eigenvalue weighted by Gasteiger charge is -2.21. The van der Waals surface area contributed by atoms with E-state index in [1.165, 1.54) is 12.8 Å². The molecule has 0 saturated carbocycles. The minimum atomic E-state index is 0.760. The molecule has 0 aromatic carbocycles. The second-order valence-electron chi connectivity index (χ2n) is 3.13. The van der Waals surface area contributed by atoms with Gasteiger partial charge in [-0.1, -0.05) is 6.92 Å². The molecule has 2 nitrogen and oxygen atoms in total. The first-order chi connectivity index (χ1) is 5.43. The smallest absolute Gasteiger partial charge is 0.0495 e. The number of ether oxygens (including phenoxy) is 2. The van der Waals surface area contributed by atoms with Crippen molar-refractivity contribution in [3.05, 3.63) is 0 Å². The van der Waals surface area contributed by atoms with E-state index in [9.17, 15) is 0 Å². The van der Waals surface area contributed by atoms with Crippen LogP contribution in [0, 0.1) is 5.92 Å². The van der Waals surface area contributed by atoms with Gasteiger partial charge in [-0.25, -0.2) is 0 Å². The summed E-state index contributed by atoms with van der Waals surface area (Å²) < 4.78 is 10.7. The van der Waals surface area contributed by atoms with Gasteiger partial charge in [0.25, 0.3) is 0 Å². The van der Waals surface area contributed by atoms with E-state index in [1.807, 2.05) is 0 Å². The standard InChI is InChI=1S/C9H18O2/c1-2-5-11-8-9-3-6-10-7-4-9/h9H,2-8H2,1H3. The van der Waals surface area contributed by atoms with E-state index in [4.69, 9.17) is 9.47 Å². The summed E-state index contributed by atoms with van der Waals surface area (Å²) in [5.41, 5.74) is 0. The Morgan fingerprint density at radius 3 is 2.73 bits per heavy atom. The Labute approximate surface area is 68.9 Å². The van der Waals surface area contributed by atoms with Gasteiger partial charge in [-0.2, -0.15) is 0 Å². The maximum absolute atomic E-state index is 5.47. The van der Waals surface area contributed by atoms with Crippen LogP contribution in [0.4, 0.5) is 0 Å². The number of hydrogen-bond donors (Lipinski definition) is 0. The molecule has 2 heteroatoms. The molecule has 0 N–H and O–H groups in total. The Kier molecular flexibility index (Phi) is 4.55. The van der Waals surface area contributed by atoms with Crippen molar-refractivity contribution in [2.45, 2.75) is 26.2 Å². The molecule has 0 spiro atoms. The highest BCUT2D eigenvalue weighted by atomic mass is 16.5. The lowest BCUT2D eigenvalue weighted by atomic mass is 10.0. The van der Waals surface area contributed by atoms with Crippen LogP contribution in [-0.2, 0) is 9.47 Å². The highest BCUT2D eigenvalue weighted by Crippen LogP contribution is 2.14. The summed E-state index contributed by atoms with van der Waals surface area (Å²) in [5.74, 6) is 0.760. The van der Waals surface area contributed by atoms with Gasteiger partial charge in [-0.05, 0) is 25.2 Å². The third kappa shape index (κ3) is 3.73. The second-order valence-corrected chi connectivity index (χ2v) is 3.13. The molecule has 1 saturated heterocycles. The number of hydrogen-bond acceptors (Lipinski definition) is 2. The molecule has 0 atom stereocenters. The average Bonchev–Trinajstić information content (AvgIpc) is 2.07. The molecule has 0 amide bonds. The third-order valence-corrected chi connectivity index (χ3v) is 2.04. The molecule has 0 aliphatic carbocycles. The summed E-state index contributed by atoms with van der Waals surface area (Å²) in [4.78, 5) is 0. The van der Waals surface area contributed by atoms with Gasteiger partial charge in [0.05, 0.1) is 0 Å². The maximum atomic E-state index is 5.47. The van der Waals surface area contributed by atoms with Gasteiger partial charge >= 0.3 is 0 Å². The number of rotatable bonds is 4. The Bertz CT molecular complexity index is 87.6. The van der Waals surface area contributed by atoms with Gasteiger partial charge in [0, 0.05) is 26.4 Å². The van der Waals surface area contributed by atoms with Crippen LogP contribution in [0.25, 0.3) is 0 Å². The first-order valence-corrected chi connectivity index (χ1v) is 4.59. The Hall–Kier alpha value is -0.0800. The summed E-state index contributed by atoms with van der Waals surface area (Å²) in [6, 6.07) is 0. The first kappa shape index (κ1) is 9.01. The molecule has 0 aromatic heterocycles. The Morgan fingerprint density at radius 2 is 2.09 bits per heavy atom. The fraction of sp³-hybridized carbons (Fsp3) is 1.00. The van der Waals surface area contributed by atoms with Crippen molar-refractivity contribution in [1.29, 1.82) is 0 Å². The van der Waals surface area contributed by atoms with Crippen molar-refractivity contribution >= 4 is 0 Å². The van der Waals surface area contributed by atoms with Gasteiger partial charge < -0.3 is 9.47 Å². The molecular weight excluding hydrogens is 140 g/mol. The molecule has 0 bridgehead atoms. The van der Waals surface area contributed by atoms with Crippen molar-refractivity contribution in [1.82, 2.24) is 0 Å². The zero-order valence-corrected chi connectivity index (χ0v) is 7.34. The average molecular weight is 158 g/mol. The molecule has 1 aliphatic rings. The highest BCUT2D eigenvalue weighted by molar-refractivity contribution is 4.61. The molecule has 1 rings (SSSR count). The molecule has 0 unspecified atom stereocenters. The summed E-state index contributed by atoms with van der Waals surface area (Å²) in [7, 11) is 0. The molecule has 1 aliphatic heterocycles.